The standard InChI is InChI=1S/C26H29N3O2/c1-20-5-3-6-21(2)25(20)31-19-22-8-10-24(11-9-22)26(30)29-15-13-28(14-16-29)18-23-7-4-12-27-17-23/h3-12,17H,13-16,18-19H2,1-2H3. The topological polar surface area (TPSA) is 45.7 Å². The molecule has 0 unspecified atom stereocenters. The van der Waals surface area contributed by atoms with Crippen LogP contribution in [-0.4, -0.2) is 46.9 Å². The predicted molar refractivity (Wildman–Crippen MR) is 122 cm³/mol. The average molecular weight is 416 g/mol. The van der Waals surface area contributed by atoms with Crippen LogP contribution >= 0.6 is 0 Å². The summed E-state index contributed by atoms with van der Waals surface area (Å²) in [5.41, 5.74) is 5.27. The number of rotatable bonds is 6. The van der Waals surface area contributed by atoms with Crippen LogP contribution in [0.4, 0.5) is 0 Å². The molecule has 0 N–H and O–H groups in total. The maximum atomic E-state index is 12.9. The van der Waals surface area contributed by atoms with Crippen molar-refractivity contribution in [1.29, 1.82) is 0 Å². The number of nitrogens with zero attached hydrogens (tertiary/aromatic N) is 3. The molecular formula is C26H29N3O2. The highest BCUT2D eigenvalue weighted by Gasteiger charge is 2.22. The van der Waals surface area contributed by atoms with E-state index in [1.807, 2.05) is 47.5 Å². The summed E-state index contributed by atoms with van der Waals surface area (Å²) in [4.78, 5) is 21.4. The zero-order valence-corrected chi connectivity index (χ0v) is 18.3. The van der Waals surface area contributed by atoms with Crippen molar-refractivity contribution in [3.63, 3.8) is 0 Å². The molecule has 0 spiro atoms. The first-order valence-corrected chi connectivity index (χ1v) is 10.8. The summed E-state index contributed by atoms with van der Waals surface area (Å²) in [6.45, 7) is 8.73. The number of para-hydroxylation sites is 1. The highest BCUT2D eigenvalue weighted by atomic mass is 16.5. The fourth-order valence-electron chi connectivity index (χ4n) is 3.97. The average Bonchev–Trinajstić information content (AvgIpc) is 2.80. The van der Waals surface area contributed by atoms with Gasteiger partial charge >= 0.3 is 0 Å². The molecule has 0 radical (unpaired) electrons. The smallest absolute Gasteiger partial charge is 0.253 e. The molecule has 0 bridgehead atoms. The molecule has 0 saturated carbocycles. The molecule has 1 aromatic heterocycles. The number of ether oxygens (including phenoxy) is 1. The number of piperazine rings is 1. The van der Waals surface area contributed by atoms with E-state index in [2.05, 4.69) is 41.9 Å². The number of hydrogen-bond donors (Lipinski definition) is 0. The minimum absolute atomic E-state index is 0.100. The number of hydrogen-bond acceptors (Lipinski definition) is 4. The van der Waals surface area contributed by atoms with Crippen LogP contribution < -0.4 is 4.74 Å². The van der Waals surface area contributed by atoms with Gasteiger partial charge in [0, 0.05) is 50.7 Å². The van der Waals surface area contributed by atoms with Gasteiger partial charge in [-0.2, -0.15) is 0 Å². The third kappa shape index (κ3) is 5.30. The molecule has 0 aliphatic carbocycles. The molecule has 1 aliphatic rings. The van der Waals surface area contributed by atoms with Gasteiger partial charge in [-0.05, 0) is 54.3 Å². The Hall–Kier alpha value is -3.18. The Morgan fingerprint density at radius 3 is 2.26 bits per heavy atom. The highest BCUT2D eigenvalue weighted by molar-refractivity contribution is 5.94. The van der Waals surface area contributed by atoms with E-state index < -0.39 is 0 Å². The number of pyridine rings is 1. The normalized spacial score (nSPS) is 14.5. The van der Waals surface area contributed by atoms with Crippen LogP contribution in [0.25, 0.3) is 0 Å². The van der Waals surface area contributed by atoms with Gasteiger partial charge in [-0.1, -0.05) is 36.4 Å². The van der Waals surface area contributed by atoms with Crippen molar-refractivity contribution < 1.29 is 9.53 Å². The molecule has 2 heterocycles. The van der Waals surface area contributed by atoms with E-state index in [9.17, 15) is 4.79 Å². The highest BCUT2D eigenvalue weighted by Crippen LogP contribution is 2.23. The molecule has 31 heavy (non-hydrogen) atoms. The number of carbonyl (C=O) groups excluding carboxylic acids is 1. The fraction of sp³-hybridized carbons (Fsp3) is 0.308. The molecule has 1 saturated heterocycles. The van der Waals surface area contributed by atoms with Crippen molar-refractivity contribution in [3.05, 3.63) is 94.8 Å². The zero-order chi connectivity index (χ0) is 21.6. The zero-order valence-electron chi connectivity index (χ0n) is 18.3. The molecule has 5 heteroatoms. The lowest BCUT2D eigenvalue weighted by Crippen LogP contribution is -2.48. The second-order valence-electron chi connectivity index (χ2n) is 8.14. The van der Waals surface area contributed by atoms with Crippen molar-refractivity contribution in [2.24, 2.45) is 0 Å². The van der Waals surface area contributed by atoms with Crippen LogP contribution in [0.3, 0.4) is 0 Å². The summed E-state index contributed by atoms with van der Waals surface area (Å²) in [6.07, 6.45) is 3.70. The van der Waals surface area contributed by atoms with Crippen molar-refractivity contribution >= 4 is 5.91 Å². The molecule has 0 atom stereocenters. The van der Waals surface area contributed by atoms with Crippen LogP contribution in [0.1, 0.15) is 32.6 Å². The van der Waals surface area contributed by atoms with E-state index >= 15 is 0 Å². The first-order valence-electron chi connectivity index (χ1n) is 10.8. The molecular weight excluding hydrogens is 386 g/mol. The van der Waals surface area contributed by atoms with E-state index in [1.165, 1.54) is 5.56 Å². The van der Waals surface area contributed by atoms with Gasteiger partial charge in [0.1, 0.15) is 12.4 Å². The lowest BCUT2D eigenvalue weighted by Gasteiger charge is -2.34. The van der Waals surface area contributed by atoms with Crippen LogP contribution in [0.5, 0.6) is 5.75 Å². The Morgan fingerprint density at radius 2 is 1.61 bits per heavy atom. The lowest BCUT2D eigenvalue weighted by molar-refractivity contribution is 0.0628. The summed E-state index contributed by atoms with van der Waals surface area (Å²) in [7, 11) is 0. The van der Waals surface area contributed by atoms with Crippen LogP contribution in [0.2, 0.25) is 0 Å². The van der Waals surface area contributed by atoms with E-state index in [4.69, 9.17) is 4.74 Å². The van der Waals surface area contributed by atoms with Crippen molar-refractivity contribution in [3.8, 4) is 5.75 Å². The molecule has 2 aromatic carbocycles. The molecule has 5 nitrogen and oxygen atoms in total. The Morgan fingerprint density at radius 1 is 0.903 bits per heavy atom. The first kappa shape index (κ1) is 21.1. The maximum absolute atomic E-state index is 12.9. The molecule has 1 aliphatic heterocycles. The SMILES string of the molecule is Cc1cccc(C)c1OCc1ccc(C(=O)N2CCN(Cc3cccnc3)CC2)cc1. The van der Waals surface area contributed by atoms with Crippen LogP contribution in [0.15, 0.2) is 67.0 Å². The monoisotopic (exact) mass is 415 g/mol. The van der Waals surface area contributed by atoms with Gasteiger partial charge in [0.15, 0.2) is 0 Å². The van der Waals surface area contributed by atoms with E-state index in [0.29, 0.717) is 6.61 Å². The van der Waals surface area contributed by atoms with Gasteiger partial charge in [-0.3, -0.25) is 14.7 Å². The number of amides is 1. The summed E-state index contributed by atoms with van der Waals surface area (Å²) >= 11 is 0. The molecule has 4 rings (SSSR count). The van der Waals surface area contributed by atoms with Crippen molar-refractivity contribution in [1.82, 2.24) is 14.8 Å². The van der Waals surface area contributed by atoms with Crippen molar-refractivity contribution in [2.45, 2.75) is 27.0 Å². The first-order chi connectivity index (χ1) is 15.1. The Kier molecular flexibility index (Phi) is 6.63. The Bertz CT molecular complexity index is 990. The third-order valence-electron chi connectivity index (χ3n) is 5.78. The van der Waals surface area contributed by atoms with Gasteiger partial charge < -0.3 is 9.64 Å². The van der Waals surface area contributed by atoms with E-state index in [0.717, 1.165) is 60.7 Å². The largest absolute Gasteiger partial charge is 0.488 e. The van der Waals surface area contributed by atoms with E-state index in [-0.39, 0.29) is 5.91 Å². The quantitative estimate of drug-likeness (QED) is 0.604. The molecule has 160 valence electrons. The molecule has 1 amide bonds. The van der Waals surface area contributed by atoms with Gasteiger partial charge in [-0.15, -0.1) is 0 Å². The van der Waals surface area contributed by atoms with Gasteiger partial charge in [0.05, 0.1) is 0 Å². The summed E-state index contributed by atoms with van der Waals surface area (Å²) < 4.78 is 6.03. The second kappa shape index (κ2) is 9.75. The van der Waals surface area contributed by atoms with Gasteiger partial charge in [-0.25, -0.2) is 0 Å². The lowest BCUT2D eigenvalue weighted by atomic mass is 10.1. The molecule has 1 fully saturated rings. The number of benzene rings is 2. The maximum Gasteiger partial charge on any atom is 0.253 e. The third-order valence-corrected chi connectivity index (χ3v) is 5.78. The fourth-order valence-corrected chi connectivity index (χ4v) is 3.97. The van der Waals surface area contributed by atoms with Gasteiger partial charge in [0.2, 0.25) is 0 Å². The predicted octanol–water partition coefficient (Wildman–Crippen LogP) is 4.24. The summed E-state index contributed by atoms with van der Waals surface area (Å²) in [5.74, 6) is 1.04. The minimum atomic E-state index is 0.100. The van der Waals surface area contributed by atoms with Gasteiger partial charge in [0.25, 0.3) is 5.91 Å². The number of aryl methyl sites for hydroxylation is 2. The number of carbonyl (C=O) groups is 1. The summed E-state index contributed by atoms with van der Waals surface area (Å²) in [6, 6.07) is 18.0. The van der Waals surface area contributed by atoms with Crippen molar-refractivity contribution in [2.75, 3.05) is 26.2 Å². The number of aromatic nitrogens is 1. The van der Waals surface area contributed by atoms with Crippen LogP contribution in [-0.2, 0) is 13.2 Å². The molecule has 3 aromatic rings. The van der Waals surface area contributed by atoms with Crippen LogP contribution in [0, 0.1) is 13.8 Å². The Balaban J connectivity index is 1.29. The summed E-state index contributed by atoms with van der Waals surface area (Å²) in [5, 5.41) is 0. The second-order valence-corrected chi connectivity index (χ2v) is 8.14. The van der Waals surface area contributed by atoms with E-state index in [1.54, 1.807) is 6.20 Å². The minimum Gasteiger partial charge on any atom is -0.488 e. The Labute approximate surface area is 184 Å².